The van der Waals surface area contributed by atoms with Crippen molar-refractivity contribution in [1.29, 1.82) is 0 Å². The number of ether oxygens (including phenoxy) is 2. The first-order valence-corrected chi connectivity index (χ1v) is 35.0. The number of aliphatic hydroxyl groups is 1. The molecule has 0 aliphatic carbocycles. The van der Waals surface area contributed by atoms with Gasteiger partial charge in [0.25, 0.3) is 0 Å². The number of hydrogen-bond donors (Lipinski definition) is 1. The largest absolute Gasteiger partial charge is 0.462 e. The predicted octanol–water partition coefficient (Wildman–Crippen LogP) is 24.2. The number of unbranched alkanes of at least 4 members (excludes halogenated alkanes) is 52. The Balaban J connectivity index is 3.37. The normalized spacial score (nSPS) is 12.3. The number of esters is 2. The van der Waals surface area contributed by atoms with Gasteiger partial charge in [-0.05, 0) is 51.4 Å². The van der Waals surface area contributed by atoms with Crippen LogP contribution in [0.15, 0.2) is 36.5 Å². The molecule has 5 heteroatoms. The Morgan fingerprint density at radius 2 is 0.519 bits per heavy atom. The van der Waals surface area contributed by atoms with E-state index in [2.05, 4.69) is 50.3 Å². The van der Waals surface area contributed by atoms with Crippen LogP contribution in [0, 0.1) is 0 Å². The summed E-state index contributed by atoms with van der Waals surface area (Å²) in [4.78, 5) is 24.6. The van der Waals surface area contributed by atoms with Gasteiger partial charge < -0.3 is 14.6 Å². The average Bonchev–Trinajstić information content (AvgIpc) is 3.43. The van der Waals surface area contributed by atoms with Crippen LogP contribution in [-0.4, -0.2) is 36.4 Å². The third-order valence-electron chi connectivity index (χ3n) is 16.2. The summed E-state index contributed by atoms with van der Waals surface area (Å²) in [5.74, 6) is -0.580. The molecule has 0 bridgehead atoms. The highest BCUT2D eigenvalue weighted by molar-refractivity contribution is 5.70. The molecule has 454 valence electrons. The molecule has 0 saturated heterocycles. The maximum absolute atomic E-state index is 12.3. The van der Waals surface area contributed by atoms with E-state index in [0.717, 1.165) is 51.4 Å². The van der Waals surface area contributed by atoms with Crippen LogP contribution in [0.3, 0.4) is 0 Å². The van der Waals surface area contributed by atoms with Crippen molar-refractivity contribution in [2.75, 3.05) is 13.2 Å². The van der Waals surface area contributed by atoms with Gasteiger partial charge in [0, 0.05) is 12.8 Å². The Kier molecular flexibility index (Phi) is 66.7. The van der Waals surface area contributed by atoms with Crippen LogP contribution < -0.4 is 0 Å². The van der Waals surface area contributed by atoms with Gasteiger partial charge >= 0.3 is 11.9 Å². The fourth-order valence-corrected chi connectivity index (χ4v) is 10.9. The summed E-state index contributed by atoms with van der Waals surface area (Å²) in [5, 5.41) is 9.68. The molecule has 1 N–H and O–H groups in total. The van der Waals surface area contributed by atoms with E-state index < -0.39 is 6.10 Å². The zero-order valence-corrected chi connectivity index (χ0v) is 52.3. The van der Waals surface area contributed by atoms with E-state index in [0.29, 0.717) is 12.8 Å². The Morgan fingerprint density at radius 1 is 0.299 bits per heavy atom. The van der Waals surface area contributed by atoms with Gasteiger partial charge in [-0.15, -0.1) is 0 Å². The van der Waals surface area contributed by atoms with E-state index in [1.165, 1.54) is 315 Å². The number of hydrogen-bond acceptors (Lipinski definition) is 5. The Bertz CT molecular complexity index is 1220. The fraction of sp³-hybridized carbons (Fsp3) is 0.889. The van der Waals surface area contributed by atoms with E-state index in [4.69, 9.17) is 9.47 Å². The molecule has 0 aliphatic rings. The molecule has 0 aliphatic heterocycles. The number of carbonyl (C=O) groups is 2. The van der Waals surface area contributed by atoms with E-state index in [-0.39, 0.29) is 25.2 Å². The summed E-state index contributed by atoms with van der Waals surface area (Å²) in [7, 11) is 0. The number of aliphatic hydroxyl groups excluding tert-OH is 1. The minimum atomic E-state index is -0.776. The summed E-state index contributed by atoms with van der Waals surface area (Å²) in [6, 6.07) is 0. The molecule has 0 aromatic rings. The van der Waals surface area contributed by atoms with E-state index in [1.807, 2.05) is 0 Å². The smallest absolute Gasteiger partial charge is 0.306 e. The SMILES string of the molecule is CCCCCCC/C=C\C/C=C\C/C=C\CCCCCCCCCCC(=O)OC(CO)COC(=O)CCCCCCCCCCCCCCCCCCCCCCCCCCCCCCCCCCCCCCCCCC. The van der Waals surface area contributed by atoms with Crippen LogP contribution in [0.2, 0.25) is 0 Å². The Morgan fingerprint density at radius 3 is 0.779 bits per heavy atom. The summed E-state index contributed by atoms with van der Waals surface area (Å²) in [5.41, 5.74) is 0. The highest BCUT2D eigenvalue weighted by Crippen LogP contribution is 2.19. The lowest BCUT2D eigenvalue weighted by Crippen LogP contribution is -2.28. The first-order chi connectivity index (χ1) is 38.1. The van der Waals surface area contributed by atoms with Gasteiger partial charge in [-0.2, -0.15) is 0 Å². The number of rotatable bonds is 66. The van der Waals surface area contributed by atoms with Crippen molar-refractivity contribution >= 4 is 11.9 Å². The zero-order valence-electron chi connectivity index (χ0n) is 52.3. The molecule has 1 unspecified atom stereocenters. The second-order valence-corrected chi connectivity index (χ2v) is 24.0. The molecule has 1 atom stereocenters. The van der Waals surface area contributed by atoms with Crippen molar-refractivity contribution in [3.63, 3.8) is 0 Å². The highest BCUT2D eigenvalue weighted by Gasteiger charge is 2.16. The van der Waals surface area contributed by atoms with Crippen LogP contribution >= 0.6 is 0 Å². The third kappa shape index (κ3) is 66.5. The molecule has 0 aromatic heterocycles. The topological polar surface area (TPSA) is 72.8 Å². The minimum absolute atomic E-state index is 0.0646. The van der Waals surface area contributed by atoms with Crippen LogP contribution in [0.25, 0.3) is 0 Å². The molecule has 5 nitrogen and oxygen atoms in total. The van der Waals surface area contributed by atoms with Crippen molar-refractivity contribution in [3.05, 3.63) is 36.5 Å². The Hall–Kier alpha value is -1.88. The van der Waals surface area contributed by atoms with E-state index in [1.54, 1.807) is 0 Å². The molecule has 0 spiro atoms. The van der Waals surface area contributed by atoms with Crippen LogP contribution in [0.1, 0.15) is 393 Å². The molecule has 0 radical (unpaired) electrons. The quantitative estimate of drug-likeness (QED) is 0.0373. The molecule has 0 amide bonds. The summed E-state index contributed by atoms with van der Waals surface area (Å²) >= 11 is 0. The molecule has 0 heterocycles. The Labute approximate surface area is 482 Å². The molecule has 0 rings (SSSR count). The average molecular weight is 1080 g/mol. The van der Waals surface area contributed by atoms with Gasteiger partial charge in [0.15, 0.2) is 6.10 Å². The predicted molar refractivity (Wildman–Crippen MR) is 339 cm³/mol. The van der Waals surface area contributed by atoms with Gasteiger partial charge in [-0.25, -0.2) is 0 Å². The maximum Gasteiger partial charge on any atom is 0.306 e. The van der Waals surface area contributed by atoms with Gasteiger partial charge in [-0.3, -0.25) is 9.59 Å². The highest BCUT2D eigenvalue weighted by atomic mass is 16.6. The molecule has 77 heavy (non-hydrogen) atoms. The van der Waals surface area contributed by atoms with Gasteiger partial charge in [0.2, 0.25) is 0 Å². The van der Waals surface area contributed by atoms with E-state index >= 15 is 0 Å². The maximum atomic E-state index is 12.3. The molecular formula is C72H136O5. The van der Waals surface area contributed by atoms with Gasteiger partial charge in [0.05, 0.1) is 6.61 Å². The third-order valence-corrected chi connectivity index (χ3v) is 16.2. The van der Waals surface area contributed by atoms with Crippen molar-refractivity contribution < 1.29 is 24.2 Å². The second kappa shape index (κ2) is 68.4. The van der Waals surface area contributed by atoms with Crippen LogP contribution in [-0.2, 0) is 19.1 Å². The molecular weight excluding hydrogens is 945 g/mol. The summed E-state index contributed by atoms with van der Waals surface area (Å²) < 4.78 is 10.7. The zero-order chi connectivity index (χ0) is 55.5. The van der Waals surface area contributed by atoms with Crippen LogP contribution in [0.4, 0.5) is 0 Å². The first-order valence-electron chi connectivity index (χ1n) is 35.0. The van der Waals surface area contributed by atoms with Crippen molar-refractivity contribution in [2.45, 2.75) is 399 Å². The lowest BCUT2D eigenvalue weighted by atomic mass is 10.0. The monoisotopic (exact) mass is 1080 g/mol. The second-order valence-electron chi connectivity index (χ2n) is 24.0. The molecule has 0 saturated carbocycles. The number of carbonyl (C=O) groups excluding carboxylic acids is 2. The first kappa shape index (κ1) is 75.1. The number of allylic oxidation sites excluding steroid dienone is 6. The lowest BCUT2D eigenvalue weighted by Gasteiger charge is -2.15. The fourth-order valence-electron chi connectivity index (χ4n) is 10.9. The summed E-state index contributed by atoms with van der Waals surface area (Å²) in [6.07, 6.45) is 90.5. The van der Waals surface area contributed by atoms with Crippen molar-refractivity contribution in [1.82, 2.24) is 0 Å². The van der Waals surface area contributed by atoms with E-state index in [9.17, 15) is 14.7 Å². The van der Waals surface area contributed by atoms with Gasteiger partial charge in [-0.1, -0.05) is 365 Å². The standard InChI is InChI=1S/C72H136O5/c1-3-5-7-9-11-13-15-17-19-21-23-25-27-28-29-30-31-32-33-34-35-36-37-38-39-40-41-42-43-45-46-48-50-52-54-56-58-60-62-64-66-71(74)76-69-70(68-73)77-72(75)67-65-63-61-59-57-55-53-51-49-47-44-26-24-22-20-18-16-14-12-10-8-6-4-2/h16,18,22,24,44,47,70,73H,3-15,17,19-21,23,25-43,45-46,48-69H2,1-2H3/b18-16-,24-22-,47-44-. The molecule has 0 aromatic carbocycles. The van der Waals surface area contributed by atoms with Gasteiger partial charge in [0.1, 0.15) is 6.61 Å². The molecule has 0 fully saturated rings. The lowest BCUT2D eigenvalue weighted by molar-refractivity contribution is -0.161. The summed E-state index contributed by atoms with van der Waals surface area (Å²) in [6.45, 7) is 4.18. The minimum Gasteiger partial charge on any atom is -0.462 e. The van der Waals surface area contributed by atoms with Crippen LogP contribution in [0.5, 0.6) is 0 Å². The van der Waals surface area contributed by atoms with Crippen molar-refractivity contribution in [3.8, 4) is 0 Å². The van der Waals surface area contributed by atoms with Crippen molar-refractivity contribution in [2.24, 2.45) is 0 Å².